The number of benzene rings is 1. The van der Waals surface area contributed by atoms with Gasteiger partial charge in [0.05, 0.1) is 18.0 Å². The topological polar surface area (TPSA) is 79.6 Å². The van der Waals surface area contributed by atoms with Crippen molar-refractivity contribution >= 4 is 47.0 Å². The van der Waals surface area contributed by atoms with Crippen LogP contribution < -0.4 is 10.6 Å². The molecule has 2 N–H and O–H groups in total. The van der Waals surface area contributed by atoms with Crippen LogP contribution in [0.4, 0.5) is 5.69 Å². The molecule has 6 nitrogen and oxygen atoms in total. The lowest BCUT2D eigenvalue weighted by atomic mass is 10.2. The van der Waals surface area contributed by atoms with Crippen molar-refractivity contribution in [2.24, 2.45) is 10.9 Å². The number of hydrogen-bond donors (Lipinski definition) is 2. The summed E-state index contributed by atoms with van der Waals surface area (Å²) < 4.78 is 0. The van der Waals surface area contributed by atoms with Gasteiger partial charge in [-0.3, -0.25) is 10.1 Å². The number of non-ortho nitro benzene ring substituents is 1. The molecule has 1 aromatic carbocycles. The molecule has 1 heterocycles. The number of nitro benzene ring substituents is 1. The number of guanidine groups is 1. The fourth-order valence-electron chi connectivity index (χ4n) is 1.95. The van der Waals surface area contributed by atoms with E-state index in [0.29, 0.717) is 12.5 Å². The zero-order valence-corrected chi connectivity index (χ0v) is 17.4. The summed E-state index contributed by atoms with van der Waals surface area (Å²) in [7, 11) is 0. The van der Waals surface area contributed by atoms with Crippen LogP contribution in [0, 0.1) is 16.0 Å². The van der Waals surface area contributed by atoms with Crippen molar-refractivity contribution in [3.8, 4) is 0 Å². The first-order valence-electron chi connectivity index (χ1n) is 7.82. The molecule has 0 fully saturated rings. The number of thiophene rings is 1. The third-order valence-corrected chi connectivity index (χ3v) is 4.13. The lowest BCUT2D eigenvalue weighted by Crippen LogP contribution is -2.38. The lowest BCUT2D eigenvalue weighted by molar-refractivity contribution is -0.384. The molecule has 0 unspecified atom stereocenters. The van der Waals surface area contributed by atoms with Gasteiger partial charge in [0.2, 0.25) is 0 Å². The summed E-state index contributed by atoms with van der Waals surface area (Å²) in [6.45, 7) is 6.30. The summed E-state index contributed by atoms with van der Waals surface area (Å²) >= 11 is 1.70. The number of nitrogens with zero attached hydrogens (tertiary/aromatic N) is 2. The predicted molar refractivity (Wildman–Crippen MR) is 114 cm³/mol. The minimum Gasteiger partial charge on any atom is -0.356 e. The Balaban J connectivity index is 0.00000312. The van der Waals surface area contributed by atoms with E-state index in [9.17, 15) is 10.1 Å². The molecular weight excluding hydrogens is 451 g/mol. The Labute approximate surface area is 168 Å². The maximum Gasteiger partial charge on any atom is 0.269 e. The van der Waals surface area contributed by atoms with Crippen LogP contribution in [0.5, 0.6) is 0 Å². The Morgan fingerprint density at radius 2 is 1.96 bits per heavy atom. The Bertz CT molecular complexity index is 672. The zero-order chi connectivity index (χ0) is 17.4. The number of rotatable bonds is 7. The van der Waals surface area contributed by atoms with E-state index in [2.05, 4.69) is 35.5 Å². The molecule has 2 rings (SSSR count). The molecule has 0 saturated heterocycles. The summed E-state index contributed by atoms with van der Waals surface area (Å²) in [5.74, 6) is 1.26. The summed E-state index contributed by atoms with van der Waals surface area (Å²) in [6, 6.07) is 10.6. The third-order valence-electron chi connectivity index (χ3n) is 3.25. The third kappa shape index (κ3) is 7.82. The van der Waals surface area contributed by atoms with Crippen molar-refractivity contribution in [2.75, 3.05) is 6.54 Å². The molecule has 0 aliphatic heterocycles. The quantitative estimate of drug-likeness (QED) is 0.208. The van der Waals surface area contributed by atoms with E-state index < -0.39 is 4.92 Å². The van der Waals surface area contributed by atoms with Gasteiger partial charge in [-0.1, -0.05) is 32.0 Å². The maximum atomic E-state index is 10.7. The van der Waals surface area contributed by atoms with Crippen LogP contribution in [0.2, 0.25) is 0 Å². The number of aliphatic imine (C=N–C) groups is 1. The first-order valence-corrected chi connectivity index (χ1v) is 8.70. The second-order valence-corrected chi connectivity index (χ2v) is 6.83. The average Bonchev–Trinajstić information content (AvgIpc) is 3.07. The normalized spacial score (nSPS) is 11.1. The van der Waals surface area contributed by atoms with Gasteiger partial charge in [0, 0.05) is 23.6 Å². The first kappa shape index (κ1) is 21.4. The van der Waals surface area contributed by atoms with Gasteiger partial charge < -0.3 is 10.6 Å². The Kier molecular flexibility index (Phi) is 9.43. The molecule has 0 spiro atoms. The van der Waals surface area contributed by atoms with Crippen molar-refractivity contribution in [3.05, 3.63) is 62.3 Å². The van der Waals surface area contributed by atoms with Gasteiger partial charge in [0.25, 0.3) is 5.69 Å². The standard InChI is InChI=1S/C17H22N4O2S.HI/c1-13(2)10-18-17(20-12-16-4-3-9-24-16)19-11-14-5-7-15(8-6-14)21(22)23;/h3-9,13H,10-12H2,1-2H3,(H2,18,19,20);1H. The smallest absolute Gasteiger partial charge is 0.269 e. The van der Waals surface area contributed by atoms with E-state index in [4.69, 9.17) is 0 Å². The van der Waals surface area contributed by atoms with Crippen molar-refractivity contribution < 1.29 is 4.92 Å². The molecule has 0 atom stereocenters. The second kappa shape index (κ2) is 11.0. The van der Waals surface area contributed by atoms with Crippen molar-refractivity contribution in [2.45, 2.75) is 26.9 Å². The summed E-state index contributed by atoms with van der Waals surface area (Å²) in [5.41, 5.74) is 1.03. The highest BCUT2D eigenvalue weighted by atomic mass is 127. The molecule has 0 radical (unpaired) electrons. The summed E-state index contributed by atoms with van der Waals surface area (Å²) in [5, 5.41) is 19.4. The van der Waals surface area contributed by atoms with Gasteiger partial charge in [0.1, 0.15) is 0 Å². The van der Waals surface area contributed by atoms with E-state index in [1.165, 1.54) is 17.0 Å². The molecule has 8 heteroatoms. The minimum atomic E-state index is -0.398. The van der Waals surface area contributed by atoms with Crippen molar-refractivity contribution in [1.82, 2.24) is 10.6 Å². The van der Waals surface area contributed by atoms with Gasteiger partial charge in [-0.15, -0.1) is 35.3 Å². The monoisotopic (exact) mass is 474 g/mol. The molecule has 136 valence electrons. The first-order chi connectivity index (χ1) is 11.5. The molecule has 0 aliphatic carbocycles. The van der Waals surface area contributed by atoms with Crippen LogP contribution in [0.25, 0.3) is 0 Å². The fourth-order valence-corrected chi connectivity index (χ4v) is 2.60. The lowest BCUT2D eigenvalue weighted by Gasteiger charge is -2.13. The SMILES string of the molecule is CC(C)CNC(=NCc1ccc([N+](=O)[O-])cc1)NCc1cccs1.I. The Morgan fingerprint density at radius 3 is 2.52 bits per heavy atom. The van der Waals surface area contributed by atoms with E-state index in [0.717, 1.165) is 24.6 Å². The number of hydrogen-bond acceptors (Lipinski definition) is 4. The molecule has 0 amide bonds. The van der Waals surface area contributed by atoms with Gasteiger partial charge in [-0.05, 0) is 22.9 Å². The van der Waals surface area contributed by atoms with Gasteiger partial charge in [-0.2, -0.15) is 0 Å². The van der Waals surface area contributed by atoms with Gasteiger partial charge in [-0.25, -0.2) is 4.99 Å². The van der Waals surface area contributed by atoms with Crippen molar-refractivity contribution in [1.29, 1.82) is 0 Å². The van der Waals surface area contributed by atoms with Crippen LogP contribution in [0.3, 0.4) is 0 Å². The molecule has 25 heavy (non-hydrogen) atoms. The van der Waals surface area contributed by atoms with E-state index >= 15 is 0 Å². The van der Waals surface area contributed by atoms with Crippen LogP contribution in [0.1, 0.15) is 24.3 Å². The molecular formula is C17H23IN4O2S. The van der Waals surface area contributed by atoms with E-state index in [1.54, 1.807) is 23.5 Å². The van der Waals surface area contributed by atoms with Crippen LogP contribution >= 0.6 is 35.3 Å². The van der Waals surface area contributed by atoms with E-state index in [1.807, 2.05) is 11.4 Å². The van der Waals surface area contributed by atoms with Crippen LogP contribution in [0.15, 0.2) is 46.8 Å². The average molecular weight is 474 g/mol. The highest BCUT2D eigenvalue weighted by Gasteiger charge is 2.05. The molecule has 2 aromatic rings. The number of halogens is 1. The van der Waals surface area contributed by atoms with Crippen molar-refractivity contribution in [3.63, 3.8) is 0 Å². The molecule has 0 bridgehead atoms. The molecule has 0 saturated carbocycles. The highest BCUT2D eigenvalue weighted by molar-refractivity contribution is 14.0. The summed E-state index contributed by atoms with van der Waals surface area (Å²) in [4.78, 5) is 16.1. The largest absolute Gasteiger partial charge is 0.356 e. The Morgan fingerprint density at radius 1 is 1.24 bits per heavy atom. The predicted octanol–water partition coefficient (Wildman–Crippen LogP) is 4.17. The van der Waals surface area contributed by atoms with Gasteiger partial charge in [0.15, 0.2) is 5.96 Å². The highest BCUT2D eigenvalue weighted by Crippen LogP contribution is 2.12. The van der Waals surface area contributed by atoms with E-state index in [-0.39, 0.29) is 29.7 Å². The zero-order valence-electron chi connectivity index (χ0n) is 14.3. The van der Waals surface area contributed by atoms with Gasteiger partial charge >= 0.3 is 0 Å². The molecule has 1 aromatic heterocycles. The maximum absolute atomic E-state index is 10.7. The fraction of sp³-hybridized carbons (Fsp3) is 0.353. The van der Waals surface area contributed by atoms with Crippen LogP contribution in [-0.2, 0) is 13.1 Å². The number of nitro groups is 1. The minimum absolute atomic E-state index is 0. The Hall–Kier alpha value is -1.68. The summed E-state index contributed by atoms with van der Waals surface area (Å²) in [6.07, 6.45) is 0. The number of nitrogens with one attached hydrogen (secondary N) is 2. The second-order valence-electron chi connectivity index (χ2n) is 5.80. The molecule has 0 aliphatic rings. The van der Waals surface area contributed by atoms with Crippen LogP contribution in [-0.4, -0.2) is 17.4 Å².